The molecule has 0 unspecified atom stereocenters. The molecular formula is C7H14BF3KNO. The smallest absolute Gasteiger partial charge is 0.445 e. The number of halogens is 3. The maximum atomic E-state index is 12.0. The summed E-state index contributed by atoms with van der Waals surface area (Å²) in [5, 5.41) is 0. The van der Waals surface area contributed by atoms with Crippen LogP contribution in [0.25, 0.3) is 0 Å². The summed E-state index contributed by atoms with van der Waals surface area (Å²) in [7, 11) is 3.11. The number of hydrogen-bond acceptors (Lipinski definition) is 2. The van der Waals surface area contributed by atoms with Gasteiger partial charge in [-0.1, -0.05) is 0 Å². The van der Waals surface area contributed by atoms with Gasteiger partial charge in [0.25, 0.3) is 0 Å². The molecule has 0 bridgehead atoms. The molecule has 0 N–H and O–H groups in total. The standard InChI is InChI=1S/C7H14BF3NO.K/c1-7(8(9,10)11)6-12(2)4-5-13-3;/h1,4-6H2,2-3H3;/q-1;+1. The van der Waals surface area contributed by atoms with E-state index in [0.29, 0.717) is 13.2 Å². The van der Waals surface area contributed by atoms with Crippen molar-refractivity contribution >= 4 is 6.98 Å². The molecule has 0 aromatic heterocycles. The number of methoxy groups -OCH3 is 1. The molecule has 0 atom stereocenters. The van der Waals surface area contributed by atoms with E-state index in [9.17, 15) is 12.9 Å². The van der Waals surface area contributed by atoms with Gasteiger partial charge in [0.2, 0.25) is 0 Å². The summed E-state index contributed by atoms with van der Waals surface area (Å²) in [6.07, 6.45) is 0. The van der Waals surface area contributed by atoms with E-state index in [1.54, 1.807) is 7.05 Å². The van der Waals surface area contributed by atoms with Gasteiger partial charge in [-0.2, -0.15) is 0 Å². The Balaban J connectivity index is 0. The van der Waals surface area contributed by atoms with Crippen molar-refractivity contribution in [2.75, 3.05) is 33.9 Å². The second kappa shape index (κ2) is 8.32. The predicted molar refractivity (Wildman–Crippen MR) is 47.6 cm³/mol. The number of hydrogen-bond donors (Lipinski definition) is 0. The van der Waals surface area contributed by atoms with Crippen molar-refractivity contribution in [3.05, 3.63) is 12.1 Å². The zero-order chi connectivity index (χ0) is 10.5. The topological polar surface area (TPSA) is 12.5 Å². The first-order chi connectivity index (χ1) is 5.88. The van der Waals surface area contributed by atoms with Gasteiger partial charge in [0.15, 0.2) is 0 Å². The Kier molecular flexibility index (Phi) is 10.4. The van der Waals surface area contributed by atoms with E-state index >= 15 is 0 Å². The van der Waals surface area contributed by atoms with E-state index in [0.717, 1.165) is 0 Å². The van der Waals surface area contributed by atoms with Crippen LogP contribution in [0.4, 0.5) is 12.9 Å². The maximum Gasteiger partial charge on any atom is 1.00 e. The van der Waals surface area contributed by atoms with Gasteiger partial charge >= 0.3 is 58.4 Å². The van der Waals surface area contributed by atoms with Crippen LogP contribution in [0.3, 0.4) is 0 Å². The Labute approximate surface area is 125 Å². The molecule has 14 heavy (non-hydrogen) atoms. The van der Waals surface area contributed by atoms with Crippen LogP contribution in [0.5, 0.6) is 0 Å². The van der Waals surface area contributed by atoms with Crippen LogP contribution in [0.2, 0.25) is 0 Å². The molecule has 0 saturated heterocycles. The van der Waals surface area contributed by atoms with Crippen molar-refractivity contribution in [2.24, 2.45) is 0 Å². The third kappa shape index (κ3) is 8.46. The molecule has 0 heterocycles. The second-order valence-electron chi connectivity index (χ2n) is 2.96. The van der Waals surface area contributed by atoms with Crippen LogP contribution in [0, 0.1) is 0 Å². The number of rotatable bonds is 6. The molecule has 0 aliphatic rings. The number of ether oxygens (including phenoxy) is 1. The Morgan fingerprint density at radius 1 is 1.43 bits per heavy atom. The predicted octanol–water partition coefficient (Wildman–Crippen LogP) is -1.49. The summed E-state index contributed by atoms with van der Waals surface area (Å²) in [4.78, 5) is 1.53. The van der Waals surface area contributed by atoms with Gasteiger partial charge in [0.05, 0.1) is 6.61 Å². The minimum atomic E-state index is -4.90. The van der Waals surface area contributed by atoms with E-state index in [-0.39, 0.29) is 57.9 Å². The van der Waals surface area contributed by atoms with Gasteiger partial charge in [-0.25, -0.2) is 0 Å². The first-order valence-electron chi connectivity index (χ1n) is 3.93. The average molecular weight is 235 g/mol. The Morgan fingerprint density at radius 3 is 2.29 bits per heavy atom. The monoisotopic (exact) mass is 235 g/mol. The van der Waals surface area contributed by atoms with Crippen LogP contribution in [0.1, 0.15) is 0 Å². The summed E-state index contributed by atoms with van der Waals surface area (Å²) >= 11 is 0. The van der Waals surface area contributed by atoms with E-state index < -0.39 is 12.4 Å². The van der Waals surface area contributed by atoms with Gasteiger partial charge in [-0.15, -0.1) is 12.1 Å². The fourth-order valence-electron chi connectivity index (χ4n) is 0.776. The van der Waals surface area contributed by atoms with Crippen molar-refractivity contribution < 1.29 is 69.1 Å². The fraction of sp³-hybridized carbons (Fsp3) is 0.714. The van der Waals surface area contributed by atoms with Crippen molar-refractivity contribution in [2.45, 2.75) is 0 Å². The average Bonchev–Trinajstić information content (AvgIpc) is 1.99. The van der Waals surface area contributed by atoms with Crippen LogP contribution >= 0.6 is 0 Å². The Morgan fingerprint density at radius 2 is 1.93 bits per heavy atom. The van der Waals surface area contributed by atoms with E-state index in [4.69, 9.17) is 4.74 Å². The third-order valence-electron chi connectivity index (χ3n) is 1.61. The van der Waals surface area contributed by atoms with Crippen LogP contribution in [0.15, 0.2) is 12.1 Å². The quantitative estimate of drug-likeness (QED) is 0.520. The van der Waals surface area contributed by atoms with E-state index in [2.05, 4.69) is 6.58 Å². The molecule has 0 aromatic carbocycles. The molecule has 0 fully saturated rings. The fourth-order valence-corrected chi connectivity index (χ4v) is 0.776. The van der Waals surface area contributed by atoms with Gasteiger partial charge in [0.1, 0.15) is 0 Å². The molecule has 0 radical (unpaired) electrons. The van der Waals surface area contributed by atoms with Crippen molar-refractivity contribution in [1.29, 1.82) is 0 Å². The summed E-state index contributed by atoms with van der Waals surface area (Å²) in [6.45, 7) is -1.15. The summed E-state index contributed by atoms with van der Waals surface area (Å²) in [6, 6.07) is 0. The molecule has 2 nitrogen and oxygen atoms in total. The Bertz CT molecular complexity index is 177. The molecule has 7 heteroatoms. The molecule has 0 rings (SSSR count). The summed E-state index contributed by atoms with van der Waals surface area (Å²) in [5.74, 6) is 0. The Hall–Kier alpha value is 1.15. The summed E-state index contributed by atoms with van der Waals surface area (Å²) < 4.78 is 40.8. The molecule has 0 aliphatic heterocycles. The van der Waals surface area contributed by atoms with E-state index in [1.165, 1.54) is 12.0 Å². The van der Waals surface area contributed by atoms with Crippen LogP contribution in [-0.2, 0) is 4.74 Å². The molecule has 0 amide bonds. The SMILES string of the molecule is C=C(CN(C)CCOC)[B-](F)(F)F.[K+]. The van der Waals surface area contributed by atoms with Gasteiger partial charge in [0, 0.05) is 13.7 Å². The minimum absolute atomic E-state index is 0. The van der Waals surface area contributed by atoms with Crippen molar-refractivity contribution in [3.8, 4) is 0 Å². The first kappa shape index (κ1) is 17.5. The van der Waals surface area contributed by atoms with Gasteiger partial charge in [-0.05, 0) is 13.6 Å². The second-order valence-corrected chi connectivity index (χ2v) is 2.96. The van der Waals surface area contributed by atoms with Gasteiger partial charge in [-0.3, -0.25) is 0 Å². The zero-order valence-electron chi connectivity index (χ0n) is 8.90. The minimum Gasteiger partial charge on any atom is -0.445 e. The molecule has 0 spiro atoms. The number of likely N-dealkylation sites (N-methyl/N-ethyl adjacent to an activating group) is 1. The molecule has 0 saturated carbocycles. The van der Waals surface area contributed by atoms with Crippen LogP contribution in [-0.4, -0.2) is 45.7 Å². The molecule has 78 valence electrons. The van der Waals surface area contributed by atoms with Gasteiger partial charge < -0.3 is 22.6 Å². The summed E-state index contributed by atoms with van der Waals surface area (Å²) in [5.41, 5.74) is -0.668. The molecular weight excluding hydrogens is 221 g/mol. The van der Waals surface area contributed by atoms with Crippen molar-refractivity contribution in [1.82, 2.24) is 4.90 Å². The van der Waals surface area contributed by atoms with Crippen LogP contribution < -0.4 is 51.4 Å². The molecule has 0 aliphatic carbocycles. The zero-order valence-corrected chi connectivity index (χ0v) is 12.0. The first-order valence-corrected chi connectivity index (χ1v) is 3.93. The maximum absolute atomic E-state index is 12.0. The van der Waals surface area contributed by atoms with Crippen molar-refractivity contribution in [3.63, 3.8) is 0 Å². The van der Waals surface area contributed by atoms with E-state index in [1.807, 2.05) is 0 Å². The number of nitrogens with zero attached hydrogens (tertiary/aromatic N) is 1. The largest absolute Gasteiger partial charge is 1.00 e. The molecule has 0 aromatic rings. The third-order valence-corrected chi connectivity index (χ3v) is 1.61. The normalized spacial score (nSPS) is 11.3.